The van der Waals surface area contributed by atoms with Crippen molar-refractivity contribution in [3.05, 3.63) is 22.2 Å². The van der Waals surface area contributed by atoms with Crippen LogP contribution in [0.5, 0.6) is 0 Å². The van der Waals surface area contributed by atoms with E-state index in [0.717, 1.165) is 4.47 Å². The molecule has 0 aliphatic heterocycles. The van der Waals surface area contributed by atoms with Crippen LogP contribution in [0.3, 0.4) is 0 Å². The van der Waals surface area contributed by atoms with Crippen molar-refractivity contribution in [2.45, 2.75) is 31.6 Å². The van der Waals surface area contributed by atoms with Crippen molar-refractivity contribution >= 4 is 31.6 Å². The number of hydrogen-bond donors (Lipinski definition) is 2. The summed E-state index contributed by atoms with van der Waals surface area (Å²) in [4.78, 5) is 0.260. The Morgan fingerprint density at radius 2 is 2.11 bits per heavy atom. The number of anilines is 1. The van der Waals surface area contributed by atoms with Crippen LogP contribution in [0.25, 0.3) is 0 Å². The smallest absolute Gasteiger partial charge is 0.240 e. The van der Waals surface area contributed by atoms with E-state index in [9.17, 15) is 8.42 Å². The summed E-state index contributed by atoms with van der Waals surface area (Å²) in [5.41, 5.74) is 6.88. The first kappa shape index (κ1) is 14.8. The molecule has 1 aliphatic carbocycles. The molecule has 0 amide bonds. The van der Waals surface area contributed by atoms with Gasteiger partial charge in [0.25, 0.3) is 0 Å². The van der Waals surface area contributed by atoms with Gasteiger partial charge in [0.05, 0.1) is 4.90 Å². The van der Waals surface area contributed by atoms with Gasteiger partial charge in [-0.1, -0.05) is 6.92 Å². The molecule has 19 heavy (non-hydrogen) atoms. The van der Waals surface area contributed by atoms with Crippen molar-refractivity contribution in [1.29, 1.82) is 0 Å². The first-order valence-electron chi connectivity index (χ1n) is 6.36. The Morgan fingerprint density at radius 3 is 2.68 bits per heavy atom. The summed E-state index contributed by atoms with van der Waals surface area (Å²) in [6.45, 7) is 4.34. The minimum Gasteiger partial charge on any atom is -0.398 e. The summed E-state index contributed by atoms with van der Waals surface area (Å²) in [5.74, 6) is 1.07. The Hall–Kier alpha value is -0.590. The highest BCUT2D eigenvalue weighted by atomic mass is 79.9. The average molecular weight is 347 g/mol. The summed E-state index contributed by atoms with van der Waals surface area (Å²) in [7, 11) is -3.48. The Kier molecular flexibility index (Phi) is 4.23. The van der Waals surface area contributed by atoms with E-state index in [2.05, 4.69) is 27.6 Å². The van der Waals surface area contributed by atoms with Crippen molar-refractivity contribution in [3.63, 3.8) is 0 Å². The molecule has 0 saturated heterocycles. The molecule has 0 heterocycles. The molecule has 0 aromatic heterocycles. The third-order valence-electron chi connectivity index (χ3n) is 3.61. The van der Waals surface area contributed by atoms with E-state index >= 15 is 0 Å². The van der Waals surface area contributed by atoms with Gasteiger partial charge in [-0.05, 0) is 65.2 Å². The molecule has 0 radical (unpaired) electrons. The van der Waals surface area contributed by atoms with E-state index in [1.54, 1.807) is 13.0 Å². The molecule has 1 aromatic carbocycles. The van der Waals surface area contributed by atoms with Gasteiger partial charge in [0.15, 0.2) is 0 Å². The van der Waals surface area contributed by atoms with Crippen LogP contribution in [0.15, 0.2) is 21.5 Å². The van der Waals surface area contributed by atoms with Gasteiger partial charge < -0.3 is 5.73 Å². The summed E-state index contributed by atoms with van der Waals surface area (Å²) in [6, 6.07) is 3.23. The highest BCUT2D eigenvalue weighted by Crippen LogP contribution is 2.36. The van der Waals surface area contributed by atoms with Gasteiger partial charge in [-0.25, -0.2) is 13.1 Å². The third-order valence-corrected chi connectivity index (χ3v) is 5.86. The molecule has 1 saturated carbocycles. The Morgan fingerprint density at radius 1 is 1.47 bits per heavy atom. The Bertz CT molecular complexity index is 583. The topological polar surface area (TPSA) is 72.2 Å². The lowest BCUT2D eigenvalue weighted by molar-refractivity contribution is 0.491. The molecule has 1 fully saturated rings. The van der Waals surface area contributed by atoms with Crippen LogP contribution in [-0.4, -0.2) is 15.0 Å². The standard InChI is InChI=1S/C13H19BrN2O2S/c1-8-5-11(14)12(15)6-13(8)19(17,18)16-7-9(2)10-3-4-10/h5-6,9-10,16H,3-4,7,15H2,1-2H3. The molecule has 1 aliphatic rings. The number of nitrogens with one attached hydrogen (secondary N) is 1. The molecule has 106 valence electrons. The maximum atomic E-state index is 12.3. The number of aryl methyl sites for hydroxylation is 1. The number of hydrogen-bond acceptors (Lipinski definition) is 3. The van der Waals surface area contributed by atoms with Crippen LogP contribution in [0.2, 0.25) is 0 Å². The zero-order chi connectivity index (χ0) is 14.2. The lowest BCUT2D eigenvalue weighted by atomic mass is 10.1. The third kappa shape index (κ3) is 3.49. The molecule has 1 unspecified atom stereocenters. The molecule has 3 N–H and O–H groups in total. The van der Waals surface area contributed by atoms with Crippen LogP contribution >= 0.6 is 15.9 Å². The highest BCUT2D eigenvalue weighted by molar-refractivity contribution is 9.10. The minimum atomic E-state index is -3.48. The van der Waals surface area contributed by atoms with E-state index < -0.39 is 10.0 Å². The van der Waals surface area contributed by atoms with Crippen molar-refractivity contribution in [3.8, 4) is 0 Å². The summed E-state index contributed by atoms with van der Waals surface area (Å²) >= 11 is 3.30. The zero-order valence-electron chi connectivity index (χ0n) is 11.1. The summed E-state index contributed by atoms with van der Waals surface area (Å²) in [6.07, 6.45) is 2.43. The predicted octanol–water partition coefficient (Wildman–Crippen LogP) is 2.66. The normalized spacial score (nSPS) is 17.4. The number of halogens is 1. The quantitative estimate of drug-likeness (QED) is 0.805. The minimum absolute atomic E-state index is 0.260. The Labute approximate surface area is 122 Å². The van der Waals surface area contributed by atoms with Crippen molar-refractivity contribution in [2.24, 2.45) is 11.8 Å². The van der Waals surface area contributed by atoms with Crippen molar-refractivity contribution in [1.82, 2.24) is 4.72 Å². The van der Waals surface area contributed by atoms with Gasteiger partial charge >= 0.3 is 0 Å². The number of benzene rings is 1. The molecule has 1 aromatic rings. The average Bonchev–Trinajstić information content (AvgIpc) is 3.14. The number of nitrogen functional groups attached to an aromatic ring is 1. The highest BCUT2D eigenvalue weighted by Gasteiger charge is 2.29. The number of rotatable bonds is 5. The van der Waals surface area contributed by atoms with Crippen LogP contribution in [0.1, 0.15) is 25.3 Å². The molecular weight excluding hydrogens is 328 g/mol. The first-order valence-corrected chi connectivity index (χ1v) is 8.64. The zero-order valence-corrected chi connectivity index (χ0v) is 13.5. The largest absolute Gasteiger partial charge is 0.398 e. The molecule has 0 bridgehead atoms. The van der Waals surface area contributed by atoms with Crippen LogP contribution in [-0.2, 0) is 10.0 Å². The van der Waals surface area contributed by atoms with Gasteiger partial charge in [0.2, 0.25) is 10.0 Å². The second-order valence-corrected chi connectivity index (χ2v) is 7.90. The summed E-state index contributed by atoms with van der Waals surface area (Å²) < 4.78 is 28.0. The lowest BCUT2D eigenvalue weighted by Gasteiger charge is -2.14. The van der Waals surface area contributed by atoms with E-state index in [1.807, 2.05) is 0 Å². The number of sulfonamides is 1. The fourth-order valence-corrected chi connectivity index (χ4v) is 3.97. The van der Waals surface area contributed by atoms with Crippen LogP contribution in [0.4, 0.5) is 5.69 Å². The Balaban J connectivity index is 2.16. The predicted molar refractivity (Wildman–Crippen MR) is 80.4 cm³/mol. The number of nitrogens with two attached hydrogens (primary N) is 1. The molecule has 4 nitrogen and oxygen atoms in total. The van der Waals surface area contributed by atoms with E-state index in [1.165, 1.54) is 18.9 Å². The summed E-state index contributed by atoms with van der Waals surface area (Å²) in [5, 5.41) is 0. The van der Waals surface area contributed by atoms with Gasteiger partial charge in [-0.3, -0.25) is 0 Å². The van der Waals surface area contributed by atoms with Gasteiger partial charge in [0.1, 0.15) is 0 Å². The van der Waals surface area contributed by atoms with Crippen LogP contribution < -0.4 is 10.5 Å². The molecule has 1 atom stereocenters. The molecular formula is C13H19BrN2O2S. The second-order valence-electron chi connectivity index (χ2n) is 5.31. The van der Waals surface area contributed by atoms with Crippen LogP contribution in [0, 0.1) is 18.8 Å². The van der Waals surface area contributed by atoms with E-state index in [4.69, 9.17) is 5.73 Å². The monoisotopic (exact) mass is 346 g/mol. The lowest BCUT2D eigenvalue weighted by Crippen LogP contribution is -2.29. The van der Waals surface area contributed by atoms with E-state index in [-0.39, 0.29) is 4.90 Å². The molecule has 6 heteroatoms. The van der Waals surface area contributed by atoms with Gasteiger partial charge in [-0.15, -0.1) is 0 Å². The van der Waals surface area contributed by atoms with Crippen molar-refractivity contribution in [2.75, 3.05) is 12.3 Å². The second kappa shape index (κ2) is 5.42. The molecule has 0 spiro atoms. The van der Waals surface area contributed by atoms with Gasteiger partial charge in [-0.2, -0.15) is 0 Å². The van der Waals surface area contributed by atoms with Crippen molar-refractivity contribution < 1.29 is 8.42 Å². The van der Waals surface area contributed by atoms with E-state index in [0.29, 0.717) is 29.6 Å². The maximum absolute atomic E-state index is 12.3. The fraction of sp³-hybridized carbons (Fsp3) is 0.538. The first-order chi connectivity index (χ1) is 8.81. The fourth-order valence-electron chi connectivity index (χ4n) is 2.11. The SMILES string of the molecule is Cc1cc(Br)c(N)cc1S(=O)(=O)NCC(C)C1CC1. The van der Waals surface area contributed by atoms with Gasteiger partial charge in [0, 0.05) is 16.7 Å². The molecule has 2 rings (SSSR count). The maximum Gasteiger partial charge on any atom is 0.240 e.